The number of carboxylic acid groups (broad SMARTS) is 1. The van der Waals surface area contributed by atoms with Gasteiger partial charge in [0.05, 0.1) is 6.54 Å². The van der Waals surface area contributed by atoms with Crippen LogP contribution in [0.5, 0.6) is 0 Å². The highest BCUT2D eigenvalue weighted by Crippen LogP contribution is 2.24. The van der Waals surface area contributed by atoms with E-state index in [9.17, 15) is 4.79 Å². The van der Waals surface area contributed by atoms with Crippen LogP contribution in [0.25, 0.3) is 0 Å². The number of carboxylic acids is 1. The summed E-state index contributed by atoms with van der Waals surface area (Å²) in [5.74, 6) is -0.733. The number of likely N-dealkylation sites (tertiary alicyclic amines) is 1. The SMILES string of the molecule is CN(CC(=O)O)C1CCN(Cc2ccc3c(c2)CCC3)CC1.Cl. The van der Waals surface area contributed by atoms with E-state index in [1.54, 1.807) is 5.56 Å². The predicted molar refractivity (Wildman–Crippen MR) is 94.3 cm³/mol. The number of nitrogens with zero attached hydrogens (tertiary/aromatic N) is 2. The zero-order chi connectivity index (χ0) is 15.5. The number of fused-ring (bicyclic) bond motifs is 1. The Hall–Kier alpha value is -1.10. The minimum atomic E-state index is -0.733. The molecule has 1 fully saturated rings. The molecule has 1 aliphatic carbocycles. The first-order chi connectivity index (χ1) is 10.6. The van der Waals surface area contributed by atoms with Crippen molar-refractivity contribution in [2.45, 2.75) is 44.7 Å². The maximum Gasteiger partial charge on any atom is 0.317 e. The molecule has 0 bridgehead atoms. The highest BCUT2D eigenvalue weighted by molar-refractivity contribution is 5.85. The van der Waals surface area contributed by atoms with Crippen LogP contribution in [0.2, 0.25) is 0 Å². The standard InChI is InChI=1S/C18H26N2O2.ClH/c1-19(13-18(21)22)17-7-9-20(10-8-17)12-14-5-6-15-3-2-4-16(15)11-14;/h5-6,11,17H,2-4,7-10,12-13H2,1H3,(H,21,22);1H. The van der Waals surface area contributed by atoms with E-state index in [0.29, 0.717) is 6.04 Å². The minimum Gasteiger partial charge on any atom is -0.480 e. The molecule has 2 aliphatic rings. The molecule has 0 saturated carbocycles. The molecule has 3 rings (SSSR count). The summed E-state index contributed by atoms with van der Waals surface area (Å²) in [5.41, 5.74) is 4.52. The number of hydrogen-bond acceptors (Lipinski definition) is 3. The molecule has 5 heteroatoms. The van der Waals surface area contributed by atoms with Crippen LogP contribution in [0.1, 0.15) is 36.0 Å². The number of piperidine rings is 1. The molecule has 1 saturated heterocycles. The Bertz CT molecular complexity index is 542. The lowest BCUT2D eigenvalue weighted by Crippen LogP contribution is -2.44. The van der Waals surface area contributed by atoms with E-state index in [0.717, 1.165) is 32.5 Å². The van der Waals surface area contributed by atoms with E-state index in [-0.39, 0.29) is 19.0 Å². The van der Waals surface area contributed by atoms with E-state index in [4.69, 9.17) is 5.11 Å². The second-order valence-electron chi connectivity index (χ2n) is 6.77. The van der Waals surface area contributed by atoms with Crippen molar-refractivity contribution >= 4 is 18.4 Å². The van der Waals surface area contributed by atoms with E-state index in [2.05, 4.69) is 23.1 Å². The average molecular weight is 339 g/mol. The first-order valence-corrected chi connectivity index (χ1v) is 8.37. The number of benzene rings is 1. The monoisotopic (exact) mass is 338 g/mol. The second-order valence-corrected chi connectivity index (χ2v) is 6.77. The van der Waals surface area contributed by atoms with E-state index < -0.39 is 5.97 Å². The third-order valence-electron chi connectivity index (χ3n) is 5.13. The number of likely N-dealkylation sites (N-methyl/N-ethyl adjacent to an activating group) is 1. The fourth-order valence-corrected chi connectivity index (χ4v) is 3.84. The van der Waals surface area contributed by atoms with Crippen molar-refractivity contribution in [1.82, 2.24) is 9.80 Å². The zero-order valence-electron chi connectivity index (χ0n) is 13.8. The van der Waals surface area contributed by atoms with Gasteiger partial charge in [0.25, 0.3) is 0 Å². The summed E-state index contributed by atoms with van der Waals surface area (Å²) in [6.45, 7) is 3.30. The third-order valence-corrected chi connectivity index (χ3v) is 5.13. The summed E-state index contributed by atoms with van der Waals surface area (Å²) >= 11 is 0. The Labute approximate surface area is 144 Å². The number of rotatable bonds is 5. The smallest absolute Gasteiger partial charge is 0.317 e. The number of aryl methyl sites for hydroxylation is 2. The summed E-state index contributed by atoms with van der Waals surface area (Å²) in [4.78, 5) is 15.3. The minimum absolute atomic E-state index is 0. The van der Waals surface area contributed by atoms with Crippen molar-refractivity contribution in [3.05, 3.63) is 34.9 Å². The molecule has 4 nitrogen and oxygen atoms in total. The van der Waals surface area contributed by atoms with Crippen molar-refractivity contribution in [2.75, 3.05) is 26.7 Å². The van der Waals surface area contributed by atoms with Crippen molar-refractivity contribution in [1.29, 1.82) is 0 Å². The molecular weight excluding hydrogens is 312 g/mol. The van der Waals surface area contributed by atoms with Gasteiger partial charge in [-0.2, -0.15) is 0 Å². The van der Waals surface area contributed by atoms with Gasteiger partial charge < -0.3 is 5.11 Å². The normalized spacial score (nSPS) is 18.7. The van der Waals surface area contributed by atoms with Crippen molar-refractivity contribution in [3.63, 3.8) is 0 Å². The van der Waals surface area contributed by atoms with Gasteiger partial charge in [0.1, 0.15) is 0 Å². The fourth-order valence-electron chi connectivity index (χ4n) is 3.84. The highest BCUT2D eigenvalue weighted by Gasteiger charge is 2.23. The lowest BCUT2D eigenvalue weighted by Gasteiger charge is -2.36. The van der Waals surface area contributed by atoms with Crippen LogP contribution < -0.4 is 0 Å². The van der Waals surface area contributed by atoms with Gasteiger partial charge in [-0.15, -0.1) is 12.4 Å². The van der Waals surface area contributed by atoms with Gasteiger partial charge in [-0.1, -0.05) is 18.2 Å². The molecule has 128 valence electrons. The Morgan fingerprint density at radius 1 is 1.26 bits per heavy atom. The lowest BCUT2D eigenvalue weighted by atomic mass is 10.0. The molecule has 0 unspecified atom stereocenters. The summed E-state index contributed by atoms with van der Waals surface area (Å²) in [6.07, 6.45) is 5.92. The number of halogens is 1. The topological polar surface area (TPSA) is 43.8 Å². The first-order valence-electron chi connectivity index (χ1n) is 8.37. The van der Waals surface area contributed by atoms with Crippen LogP contribution in [0.15, 0.2) is 18.2 Å². The molecule has 0 radical (unpaired) electrons. The van der Waals surface area contributed by atoms with Gasteiger partial charge >= 0.3 is 5.97 Å². The molecule has 1 aromatic carbocycles. The predicted octanol–water partition coefficient (Wildman–Crippen LogP) is 2.58. The quantitative estimate of drug-likeness (QED) is 0.896. The summed E-state index contributed by atoms with van der Waals surface area (Å²) in [7, 11) is 1.93. The van der Waals surface area contributed by atoms with E-state index >= 15 is 0 Å². The van der Waals surface area contributed by atoms with Crippen molar-refractivity contribution in [3.8, 4) is 0 Å². The molecule has 0 atom stereocenters. The van der Waals surface area contributed by atoms with Crippen LogP contribution in [0.3, 0.4) is 0 Å². The van der Waals surface area contributed by atoms with E-state index in [1.165, 1.54) is 30.4 Å². The van der Waals surface area contributed by atoms with E-state index in [1.807, 2.05) is 11.9 Å². The summed E-state index contributed by atoms with van der Waals surface area (Å²) in [5, 5.41) is 8.89. The van der Waals surface area contributed by atoms with Crippen LogP contribution in [-0.4, -0.2) is 53.6 Å². The lowest BCUT2D eigenvalue weighted by molar-refractivity contribution is -0.138. The van der Waals surface area contributed by atoms with Gasteiger partial charge in [-0.3, -0.25) is 14.6 Å². The second kappa shape index (κ2) is 8.13. The molecule has 1 N–H and O–H groups in total. The molecule has 1 aromatic rings. The maximum absolute atomic E-state index is 10.8. The van der Waals surface area contributed by atoms with Gasteiger partial charge in [0.2, 0.25) is 0 Å². The fraction of sp³-hybridized carbons (Fsp3) is 0.611. The number of aliphatic carboxylic acids is 1. The van der Waals surface area contributed by atoms with Gasteiger partial charge in [0, 0.05) is 12.6 Å². The molecule has 1 heterocycles. The summed E-state index contributed by atoms with van der Waals surface area (Å²) < 4.78 is 0. The van der Waals surface area contributed by atoms with Gasteiger partial charge in [-0.25, -0.2) is 0 Å². The highest BCUT2D eigenvalue weighted by atomic mass is 35.5. The Balaban J connectivity index is 0.00000192. The molecule has 1 aliphatic heterocycles. The Morgan fingerprint density at radius 2 is 1.96 bits per heavy atom. The van der Waals surface area contributed by atoms with Gasteiger partial charge in [0.15, 0.2) is 0 Å². The number of hydrogen-bond donors (Lipinski definition) is 1. The van der Waals surface area contributed by atoms with Gasteiger partial charge in [-0.05, 0) is 68.9 Å². The molecule has 0 spiro atoms. The largest absolute Gasteiger partial charge is 0.480 e. The van der Waals surface area contributed by atoms with Crippen molar-refractivity contribution in [2.24, 2.45) is 0 Å². The van der Waals surface area contributed by atoms with Crippen LogP contribution in [-0.2, 0) is 24.2 Å². The summed E-state index contributed by atoms with van der Waals surface area (Å²) in [6, 6.07) is 7.40. The zero-order valence-corrected chi connectivity index (χ0v) is 14.6. The maximum atomic E-state index is 10.8. The third kappa shape index (κ3) is 4.69. The molecule has 23 heavy (non-hydrogen) atoms. The van der Waals surface area contributed by atoms with Crippen LogP contribution in [0.4, 0.5) is 0 Å². The van der Waals surface area contributed by atoms with Crippen LogP contribution in [0, 0.1) is 0 Å². The molecular formula is C18H27ClN2O2. The first kappa shape index (κ1) is 18.2. The Morgan fingerprint density at radius 3 is 2.65 bits per heavy atom. The van der Waals surface area contributed by atoms with Crippen molar-refractivity contribution < 1.29 is 9.90 Å². The molecule has 0 amide bonds. The molecule has 0 aromatic heterocycles. The Kier molecular flexibility index (Phi) is 6.45. The van der Waals surface area contributed by atoms with Crippen LogP contribution >= 0.6 is 12.4 Å². The number of carbonyl (C=O) groups is 1. The average Bonchev–Trinajstić information content (AvgIpc) is 2.95.